The van der Waals surface area contributed by atoms with E-state index in [0.717, 1.165) is 15.8 Å². The minimum absolute atomic E-state index is 0.123. The summed E-state index contributed by atoms with van der Waals surface area (Å²) in [4.78, 5) is 17.1. The number of phenolic OH excluding ortho intramolecular Hbond substituents is 1. The van der Waals surface area contributed by atoms with Gasteiger partial charge < -0.3 is 19.9 Å². The number of thiazole rings is 1. The van der Waals surface area contributed by atoms with Crippen molar-refractivity contribution >= 4 is 33.1 Å². The Hall–Kier alpha value is -3.58. The molecular formula is C22H16N2O4S. The van der Waals surface area contributed by atoms with Gasteiger partial charge in [0.05, 0.1) is 22.2 Å². The number of fused-ring (bicyclic) bond motifs is 2. The zero-order chi connectivity index (χ0) is 19.8. The number of rotatable bonds is 4. The number of nitrogens with zero attached hydrogens (tertiary/aromatic N) is 1. The predicted octanol–water partition coefficient (Wildman–Crippen LogP) is 4.58. The largest absolute Gasteiger partial charge is 0.507 e. The fraction of sp³-hybridized carbons (Fsp3) is 0.0909. The van der Waals surface area contributed by atoms with Crippen molar-refractivity contribution in [3.05, 3.63) is 66.2 Å². The van der Waals surface area contributed by atoms with Gasteiger partial charge in [0, 0.05) is 5.69 Å². The summed E-state index contributed by atoms with van der Waals surface area (Å²) in [5.41, 5.74) is 2.90. The van der Waals surface area contributed by atoms with E-state index in [1.165, 1.54) is 11.3 Å². The van der Waals surface area contributed by atoms with Gasteiger partial charge in [-0.2, -0.15) is 0 Å². The monoisotopic (exact) mass is 404 g/mol. The molecule has 0 spiro atoms. The van der Waals surface area contributed by atoms with Crippen molar-refractivity contribution in [2.45, 2.75) is 6.42 Å². The number of anilines is 1. The van der Waals surface area contributed by atoms with Gasteiger partial charge in [-0.3, -0.25) is 4.79 Å². The van der Waals surface area contributed by atoms with Crippen LogP contribution in [0, 0.1) is 0 Å². The molecule has 0 radical (unpaired) electrons. The molecule has 0 fully saturated rings. The van der Waals surface area contributed by atoms with E-state index in [1.807, 2.05) is 36.4 Å². The average molecular weight is 404 g/mol. The number of benzene rings is 3. The van der Waals surface area contributed by atoms with E-state index in [0.29, 0.717) is 27.8 Å². The average Bonchev–Trinajstić information content (AvgIpc) is 3.35. The number of hydrogen-bond acceptors (Lipinski definition) is 6. The molecule has 1 aliphatic rings. The van der Waals surface area contributed by atoms with Crippen molar-refractivity contribution in [3.8, 4) is 27.8 Å². The molecule has 0 aliphatic carbocycles. The van der Waals surface area contributed by atoms with Crippen LogP contribution in [0.2, 0.25) is 0 Å². The standard InChI is InChI=1S/C22H16N2O4S/c25-17-7-6-14(11-15(17)22-24-16-3-1-2-4-20(16)29-22)23-21(26)10-13-5-8-18-19(9-13)28-12-27-18/h1-9,11,25H,10,12H2,(H,23,26). The lowest BCUT2D eigenvalue weighted by atomic mass is 10.1. The van der Waals surface area contributed by atoms with Crippen molar-refractivity contribution in [2.75, 3.05) is 12.1 Å². The van der Waals surface area contributed by atoms with Crippen molar-refractivity contribution in [1.29, 1.82) is 0 Å². The summed E-state index contributed by atoms with van der Waals surface area (Å²) in [5.74, 6) is 1.30. The second-order valence-corrected chi connectivity index (χ2v) is 7.66. The lowest BCUT2D eigenvalue weighted by Gasteiger charge is -2.08. The van der Waals surface area contributed by atoms with E-state index < -0.39 is 0 Å². The van der Waals surface area contributed by atoms with E-state index in [9.17, 15) is 9.90 Å². The summed E-state index contributed by atoms with van der Waals surface area (Å²) in [7, 11) is 0. The highest BCUT2D eigenvalue weighted by Crippen LogP contribution is 2.37. The lowest BCUT2D eigenvalue weighted by molar-refractivity contribution is -0.115. The van der Waals surface area contributed by atoms with Gasteiger partial charge in [-0.15, -0.1) is 11.3 Å². The van der Waals surface area contributed by atoms with E-state index in [1.54, 1.807) is 24.3 Å². The summed E-state index contributed by atoms with van der Waals surface area (Å²) >= 11 is 1.50. The molecule has 3 aromatic carbocycles. The van der Waals surface area contributed by atoms with E-state index >= 15 is 0 Å². The molecule has 1 aliphatic heterocycles. The van der Waals surface area contributed by atoms with E-state index in [-0.39, 0.29) is 24.9 Å². The Kier molecular flexibility index (Phi) is 4.29. The minimum atomic E-state index is -0.162. The Morgan fingerprint density at radius 3 is 2.83 bits per heavy atom. The fourth-order valence-electron chi connectivity index (χ4n) is 3.21. The Labute approximate surface area is 170 Å². The highest BCUT2D eigenvalue weighted by Gasteiger charge is 2.16. The highest BCUT2D eigenvalue weighted by molar-refractivity contribution is 7.21. The van der Waals surface area contributed by atoms with Gasteiger partial charge in [0.2, 0.25) is 12.7 Å². The maximum atomic E-state index is 12.5. The van der Waals surface area contributed by atoms with Gasteiger partial charge in [0.25, 0.3) is 0 Å². The summed E-state index contributed by atoms with van der Waals surface area (Å²) in [6, 6.07) is 18.2. The predicted molar refractivity (Wildman–Crippen MR) is 112 cm³/mol. The first-order chi connectivity index (χ1) is 14.2. The van der Waals surface area contributed by atoms with Crippen molar-refractivity contribution in [1.82, 2.24) is 4.98 Å². The molecule has 0 bridgehead atoms. The first kappa shape index (κ1) is 17.5. The number of carbonyl (C=O) groups is 1. The Morgan fingerprint density at radius 1 is 1.07 bits per heavy atom. The van der Waals surface area contributed by atoms with E-state index in [2.05, 4.69) is 10.3 Å². The molecule has 4 aromatic rings. The molecule has 2 N–H and O–H groups in total. The molecule has 144 valence electrons. The number of aromatic nitrogens is 1. The van der Waals surface area contributed by atoms with Crippen LogP contribution in [0.15, 0.2) is 60.7 Å². The van der Waals surface area contributed by atoms with Gasteiger partial charge in [-0.1, -0.05) is 18.2 Å². The molecule has 0 saturated heterocycles. The topological polar surface area (TPSA) is 80.7 Å². The molecule has 29 heavy (non-hydrogen) atoms. The lowest BCUT2D eigenvalue weighted by Crippen LogP contribution is -2.14. The molecule has 6 nitrogen and oxygen atoms in total. The minimum Gasteiger partial charge on any atom is -0.507 e. The molecule has 0 atom stereocenters. The zero-order valence-electron chi connectivity index (χ0n) is 15.2. The summed E-state index contributed by atoms with van der Waals surface area (Å²) in [6.07, 6.45) is 0.202. The molecule has 5 rings (SSSR count). The smallest absolute Gasteiger partial charge is 0.231 e. The third-order valence-electron chi connectivity index (χ3n) is 4.61. The molecule has 1 aromatic heterocycles. The van der Waals surface area contributed by atoms with Crippen LogP contribution in [-0.2, 0) is 11.2 Å². The Morgan fingerprint density at radius 2 is 1.93 bits per heavy atom. The van der Waals surface area contributed by atoms with Crippen LogP contribution in [0.5, 0.6) is 17.2 Å². The molecule has 7 heteroatoms. The highest BCUT2D eigenvalue weighted by atomic mass is 32.1. The van der Waals surface area contributed by atoms with Crippen LogP contribution >= 0.6 is 11.3 Å². The molecule has 2 heterocycles. The second-order valence-electron chi connectivity index (χ2n) is 6.63. The quantitative estimate of drug-likeness (QED) is 0.487. The summed E-state index contributed by atoms with van der Waals surface area (Å²) < 4.78 is 11.7. The van der Waals surface area contributed by atoms with Gasteiger partial charge >= 0.3 is 0 Å². The summed E-state index contributed by atoms with van der Waals surface area (Å²) in [6.45, 7) is 0.201. The SMILES string of the molecule is O=C(Cc1ccc2c(c1)OCO2)Nc1ccc(O)c(-c2nc3ccccc3s2)c1. The third-order valence-corrected chi connectivity index (χ3v) is 5.68. The Bertz CT molecular complexity index is 1200. The van der Waals surface area contributed by atoms with Crippen LogP contribution in [-0.4, -0.2) is 22.8 Å². The van der Waals surface area contributed by atoms with Crippen molar-refractivity contribution < 1.29 is 19.4 Å². The van der Waals surface area contributed by atoms with Crippen LogP contribution in [0.1, 0.15) is 5.56 Å². The van der Waals surface area contributed by atoms with Crippen molar-refractivity contribution in [3.63, 3.8) is 0 Å². The number of phenols is 1. The van der Waals surface area contributed by atoms with Gasteiger partial charge in [0.15, 0.2) is 11.5 Å². The number of aromatic hydroxyl groups is 1. The van der Waals surface area contributed by atoms with Gasteiger partial charge in [-0.05, 0) is 48.0 Å². The van der Waals surface area contributed by atoms with Crippen LogP contribution in [0.3, 0.4) is 0 Å². The number of ether oxygens (including phenoxy) is 2. The molecule has 1 amide bonds. The van der Waals surface area contributed by atoms with E-state index in [4.69, 9.17) is 9.47 Å². The van der Waals surface area contributed by atoms with Crippen LogP contribution in [0.25, 0.3) is 20.8 Å². The third kappa shape index (κ3) is 3.48. The zero-order valence-corrected chi connectivity index (χ0v) is 16.0. The van der Waals surface area contributed by atoms with Gasteiger partial charge in [0.1, 0.15) is 10.8 Å². The number of nitrogens with one attached hydrogen (secondary N) is 1. The van der Waals surface area contributed by atoms with Gasteiger partial charge in [-0.25, -0.2) is 4.98 Å². The number of carbonyl (C=O) groups excluding carboxylic acids is 1. The molecule has 0 saturated carbocycles. The Balaban J connectivity index is 1.36. The molecule has 0 unspecified atom stereocenters. The maximum Gasteiger partial charge on any atom is 0.231 e. The van der Waals surface area contributed by atoms with Crippen LogP contribution in [0.4, 0.5) is 5.69 Å². The first-order valence-electron chi connectivity index (χ1n) is 9.03. The first-order valence-corrected chi connectivity index (χ1v) is 9.85. The maximum absolute atomic E-state index is 12.5. The normalized spacial score (nSPS) is 12.3. The molecular weight excluding hydrogens is 388 g/mol. The summed E-state index contributed by atoms with van der Waals surface area (Å²) in [5, 5.41) is 13.9. The van der Waals surface area contributed by atoms with Crippen molar-refractivity contribution in [2.24, 2.45) is 0 Å². The van der Waals surface area contributed by atoms with Crippen LogP contribution < -0.4 is 14.8 Å². The number of hydrogen-bond donors (Lipinski definition) is 2. The number of amides is 1. The second kappa shape index (κ2) is 7.10. The number of para-hydroxylation sites is 1. The fourth-order valence-corrected chi connectivity index (χ4v) is 4.20.